The molecule has 0 aliphatic carbocycles. The van der Waals surface area contributed by atoms with Crippen LogP contribution in [0.15, 0.2) is 18.2 Å². The van der Waals surface area contributed by atoms with E-state index in [0.29, 0.717) is 0 Å². The lowest BCUT2D eigenvalue weighted by atomic mass is 9.97. The van der Waals surface area contributed by atoms with E-state index in [2.05, 4.69) is 38.3 Å². The molecule has 6 heteroatoms. The lowest BCUT2D eigenvalue weighted by Gasteiger charge is -2.16. The molecule has 2 aliphatic heterocycles. The van der Waals surface area contributed by atoms with Crippen LogP contribution in [0.1, 0.15) is 28.7 Å². The summed E-state index contributed by atoms with van der Waals surface area (Å²) in [6.45, 7) is 4.72. The number of likely N-dealkylation sites (tertiary alicyclic amines) is 1. The summed E-state index contributed by atoms with van der Waals surface area (Å²) in [5, 5.41) is 7.11. The van der Waals surface area contributed by atoms with Crippen molar-refractivity contribution < 1.29 is 9.13 Å². The lowest BCUT2D eigenvalue weighted by molar-refractivity contribution is 0.295. The summed E-state index contributed by atoms with van der Waals surface area (Å²) >= 11 is 0. The number of nitrogens with one attached hydrogen (secondary N) is 1. The fourth-order valence-electron chi connectivity index (χ4n) is 3.66. The van der Waals surface area contributed by atoms with Crippen LogP contribution < -0.4 is 4.74 Å². The van der Waals surface area contributed by atoms with Crippen molar-refractivity contribution in [1.82, 2.24) is 20.1 Å². The molecular formula is C17H21FN4O. The maximum atomic E-state index is 13.4. The highest BCUT2D eigenvalue weighted by molar-refractivity contribution is 5.39. The van der Waals surface area contributed by atoms with E-state index in [9.17, 15) is 4.39 Å². The summed E-state index contributed by atoms with van der Waals surface area (Å²) in [5.41, 5.74) is 2.54. The average Bonchev–Trinajstić information content (AvgIpc) is 3.25. The number of alkyl halides is 1. The molecule has 1 aromatic carbocycles. The third kappa shape index (κ3) is 2.83. The standard InChI is InChI=1S/C17H21FN4O/c1-11-19-17(21-20-11)15-10-22(9-14(15)7-18)8-12-2-3-16-13(6-12)4-5-23-16/h2-3,6,14-15H,4-5,7-10H2,1H3,(H,19,20,21)/t14-,15-/m1/s1. The third-order valence-electron chi connectivity index (χ3n) is 4.82. The Morgan fingerprint density at radius 2 is 2.30 bits per heavy atom. The fourth-order valence-corrected chi connectivity index (χ4v) is 3.66. The Bertz CT molecular complexity index is 702. The normalized spacial score (nSPS) is 23.9. The van der Waals surface area contributed by atoms with Gasteiger partial charge < -0.3 is 4.74 Å². The molecule has 2 atom stereocenters. The summed E-state index contributed by atoms with van der Waals surface area (Å²) in [7, 11) is 0. The molecule has 23 heavy (non-hydrogen) atoms. The summed E-state index contributed by atoms with van der Waals surface area (Å²) in [4.78, 5) is 6.71. The molecule has 4 rings (SSSR count). The zero-order valence-corrected chi connectivity index (χ0v) is 13.3. The van der Waals surface area contributed by atoms with Crippen LogP contribution in [0, 0.1) is 12.8 Å². The van der Waals surface area contributed by atoms with E-state index in [1.807, 2.05) is 6.92 Å². The number of hydrogen-bond acceptors (Lipinski definition) is 4. The van der Waals surface area contributed by atoms with Crippen molar-refractivity contribution in [2.24, 2.45) is 5.92 Å². The molecule has 1 saturated heterocycles. The largest absolute Gasteiger partial charge is 0.493 e. The molecular weight excluding hydrogens is 295 g/mol. The Labute approximate surface area is 134 Å². The van der Waals surface area contributed by atoms with E-state index in [-0.39, 0.29) is 18.5 Å². The smallest absolute Gasteiger partial charge is 0.155 e. The van der Waals surface area contributed by atoms with E-state index in [1.54, 1.807) is 0 Å². The van der Waals surface area contributed by atoms with Crippen molar-refractivity contribution in [2.75, 3.05) is 26.4 Å². The molecule has 3 heterocycles. The quantitative estimate of drug-likeness (QED) is 0.940. The number of nitrogens with zero attached hydrogens (tertiary/aromatic N) is 3. The summed E-state index contributed by atoms with van der Waals surface area (Å²) < 4.78 is 19.0. The highest BCUT2D eigenvalue weighted by Gasteiger charge is 2.36. The van der Waals surface area contributed by atoms with Crippen LogP contribution in [0.5, 0.6) is 5.75 Å². The van der Waals surface area contributed by atoms with Gasteiger partial charge in [-0.15, -0.1) is 0 Å². The van der Waals surface area contributed by atoms with E-state index in [4.69, 9.17) is 4.74 Å². The molecule has 2 aromatic rings. The van der Waals surface area contributed by atoms with Crippen LogP contribution in [0.4, 0.5) is 4.39 Å². The van der Waals surface area contributed by atoms with Crippen LogP contribution in [0.3, 0.4) is 0 Å². The van der Waals surface area contributed by atoms with Crippen molar-refractivity contribution in [3.63, 3.8) is 0 Å². The fraction of sp³-hybridized carbons (Fsp3) is 0.529. The number of benzene rings is 1. The van der Waals surface area contributed by atoms with Gasteiger partial charge in [-0.05, 0) is 24.1 Å². The summed E-state index contributed by atoms with van der Waals surface area (Å²) in [6.07, 6.45) is 0.982. The monoisotopic (exact) mass is 316 g/mol. The molecule has 122 valence electrons. The van der Waals surface area contributed by atoms with Gasteiger partial charge in [0.25, 0.3) is 0 Å². The second-order valence-corrected chi connectivity index (χ2v) is 6.53. The number of halogens is 1. The number of aromatic amines is 1. The maximum Gasteiger partial charge on any atom is 0.155 e. The Hall–Kier alpha value is -1.95. The summed E-state index contributed by atoms with van der Waals surface area (Å²) in [5.74, 6) is 2.58. The van der Waals surface area contributed by atoms with Gasteiger partial charge in [-0.3, -0.25) is 14.4 Å². The number of aromatic nitrogens is 3. The molecule has 0 bridgehead atoms. The van der Waals surface area contributed by atoms with Crippen molar-refractivity contribution in [3.05, 3.63) is 41.0 Å². The molecule has 0 unspecified atom stereocenters. The van der Waals surface area contributed by atoms with Crippen LogP contribution in [-0.4, -0.2) is 46.5 Å². The minimum atomic E-state index is -0.327. The van der Waals surface area contributed by atoms with Gasteiger partial charge in [0, 0.05) is 37.9 Å². The van der Waals surface area contributed by atoms with Crippen molar-refractivity contribution >= 4 is 0 Å². The Morgan fingerprint density at radius 3 is 3.09 bits per heavy atom. The zero-order valence-electron chi connectivity index (χ0n) is 13.3. The first-order valence-corrected chi connectivity index (χ1v) is 8.15. The first kappa shape index (κ1) is 14.6. The first-order valence-electron chi connectivity index (χ1n) is 8.15. The van der Waals surface area contributed by atoms with Gasteiger partial charge in [-0.25, -0.2) is 4.98 Å². The van der Waals surface area contributed by atoms with Gasteiger partial charge in [0.1, 0.15) is 11.6 Å². The molecule has 1 aromatic heterocycles. The van der Waals surface area contributed by atoms with Crippen LogP contribution in [0.2, 0.25) is 0 Å². The molecule has 1 N–H and O–H groups in total. The van der Waals surface area contributed by atoms with Gasteiger partial charge in [-0.2, -0.15) is 5.10 Å². The molecule has 5 nitrogen and oxygen atoms in total. The molecule has 0 saturated carbocycles. The zero-order chi connectivity index (χ0) is 15.8. The predicted molar refractivity (Wildman–Crippen MR) is 84.2 cm³/mol. The highest BCUT2D eigenvalue weighted by atomic mass is 19.1. The highest BCUT2D eigenvalue weighted by Crippen LogP contribution is 2.33. The van der Waals surface area contributed by atoms with E-state index in [1.165, 1.54) is 11.1 Å². The molecule has 0 spiro atoms. The number of aryl methyl sites for hydroxylation is 1. The average molecular weight is 316 g/mol. The number of ether oxygens (including phenoxy) is 1. The lowest BCUT2D eigenvalue weighted by Crippen LogP contribution is -2.20. The van der Waals surface area contributed by atoms with E-state index < -0.39 is 0 Å². The third-order valence-corrected chi connectivity index (χ3v) is 4.82. The topological polar surface area (TPSA) is 54.0 Å². The van der Waals surface area contributed by atoms with Gasteiger partial charge in [0.05, 0.1) is 13.3 Å². The minimum Gasteiger partial charge on any atom is -0.493 e. The number of H-pyrrole nitrogens is 1. The second-order valence-electron chi connectivity index (χ2n) is 6.53. The van der Waals surface area contributed by atoms with Crippen LogP contribution >= 0.6 is 0 Å². The number of hydrogen-bond donors (Lipinski definition) is 1. The number of rotatable bonds is 4. The second kappa shape index (κ2) is 5.92. The van der Waals surface area contributed by atoms with Crippen LogP contribution in [0.25, 0.3) is 0 Å². The number of fused-ring (bicyclic) bond motifs is 1. The van der Waals surface area contributed by atoms with Crippen molar-refractivity contribution in [2.45, 2.75) is 25.8 Å². The first-order chi connectivity index (χ1) is 11.2. The molecule has 1 fully saturated rings. The Kier molecular flexibility index (Phi) is 3.77. The SMILES string of the molecule is Cc1nc([C@@H]2CN(Cc3ccc4c(c3)CCO4)C[C@H]2CF)n[nH]1. The van der Waals surface area contributed by atoms with Gasteiger partial charge in [0.2, 0.25) is 0 Å². The van der Waals surface area contributed by atoms with E-state index in [0.717, 1.165) is 50.1 Å². The Morgan fingerprint density at radius 1 is 1.39 bits per heavy atom. The van der Waals surface area contributed by atoms with Crippen LogP contribution in [-0.2, 0) is 13.0 Å². The molecule has 2 aliphatic rings. The Balaban J connectivity index is 1.48. The minimum absolute atomic E-state index is 0.0250. The van der Waals surface area contributed by atoms with Gasteiger partial charge >= 0.3 is 0 Å². The maximum absolute atomic E-state index is 13.4. The van der Waals surface area contributed by atoms with Crippen molar-refractivity contribution in [1.29, 1.82) is 0 Å². The summed E-state index contributed by atoms with van der Waals surface area (Å²) in [6, 6.07) is 6.38. The van der Waals surface area contributed by atoms with Gasteiger partial charge in [0.15, 0.2) is 5.82 Å². The molecule has 0 amide bonds. The molecule has 0 radical (unpaired) electrons. The van der Waals surface area contributed by atoms with Crippen molar-refractivity contribution in [3.8, 4) is 5.75 Å². The predicted octanol–water partition coefficient (Wildman–Crippen LogP) is 2.23. The van der Waals surface area contributed by atoms with E-state index >= 15 is 0 Å². The van der Waals surface area contributed by atoms with Gasteiger partial charge in [-0.1, -0.05) is 12.1 Å².